The molecule has 0 bridgehead atoms. The van der Waals surface area contributed by atoms with Crippen LogP contribution < -0.4 is 4.90 Å². The van der Waals surface area contributed by atoms with Crippen LogP contribution in [0.1, 0.15) is 43.4 Å². The molecule has 2 aliphatic heterocycles. The molecule has 1 aromatic carbocycles. The summed E-state index contributed by atoms with van der Waals surface area (Å²) in [5.41, 5.74) is 2.38. The Morgan fingerprint density at radius 2 is 2.00 bits per heavy atom. The Kier molecular flexibility index (Phi) is 4.18. The number of fused-ring (bicyclic) bond motifs is 1. The fourth-order valence-electron chi connectivity index (χ4n) is 3.72. The molecule has 0 spiro atoms. The molecule has 2 atom stereocenters. The zero-order chi connectivity index (χ0) is 15.0. The van der Waals surface area contributed by atoms with E-state index in [1.54, 1.807) is 13.8 Å². The molecule has 1 N–H and O–H groups in total. The number of hydrogen-bond acceptors (Lipinski definition) is 3. The third-order valence-electron chi connectivity index (χ3n) is 4.90. The van der Waals surface area contributed by atoms with E-state index >= 15 is 0 Å². The van der Waals surface area contributed by atoms with E-state index < -0.39 is 6.10 Å². The van der Waals surface area contributed by atoms with Gasteiger partial charge in [0.25, 0.3) is 0 Å². The number of anilines is 1. The van der Waals surface area contributed by atoms with Gasteiger partial charge in [0.15, 0.2) is 0 Å². The van der Waals surface area contributed by atoms with Crippen molar-refractivity contribution in [2.75, 3.05) is 31.1 Å². The van der Waals surface area contributed by atoms with Crippen LogP contribution in [0.15, 0.2) is 12.1 Å². The van der Waals surface area contributed by atoms with Crippen molar-refractivity contribution in [1.29, 1.82) is 0 Å². The molecule has 0 aliphatic carbocycles. The minimum absolute atomic E-state index is 0.230. The number of aryl methyl sites for hydroxylation is 1. The van der Waals surface area contributed by atoms with Crippen molar-refractivity contribution in [1.82, 2.24) is 4.90 Å². The summed E-state index contributed by atoms with van der Waals surface area (Å²) in [4.78, 5) is 4.93. The second kappa shape index (κ2) is 5.93. The molecule has 116 valence electrons. The zero-order valence-electron chi connectivity index (χ0n) is 13.0. The Hall–Kier alpha value is -1.13. The van der Waals surface area contributed by atoms with Gasteiger partial charge in [-0.2, -0.15) is 0 Å². The second-order valence-corrected chi connectivity index (χ2v) is 6.47. The van der Waals surface area contributed by atoms with Gasteiger partial charge in [-0.25, -0.2) is 4.39 Å². The van der Waals surface area contributed by atoms with Crippen molar-refractivity contribution in [3.63, 3.8) is 0 Å². The minimum atomic E-state index is -0.641. The molecular weight excluding hydrogens is 267 g/mol. The van der Waals surface area contributed by atoms with Gasteiger partial charge in [-0.1, -0.05) is 0 Å². The second-order valence-electron chi connectivity index (χ2n) is 6.47. The lowest BCUT2D eigenvalue weighted by atomic mass is 10.0. The first-order valence-corrected chi connectivity index (χ1v) is 8.03. The maximum Gasteiger partial charge on any atom is 0.126 e. The third-order valence-corrected chi connectivity index (χ3v) is 4.90. The molecule has 0 aromatic heterocycles. The number of hydrogen-bond donors (Lipinski definition) is 1. The quantitative estimate of drug-likeness (QED) is 0.908. The summed E-state index contributed by atoms with van der Waals surface area (Å²) >= 11 is 0. The van der Waals surface area contributed by atoms with Gasteiger partial charge >= 0.3 is 0 Å². The van der Waals surface area contributed by atoms with E-state index in [1.165, 1.54) is 25.5 Å². The standard InChI is InChI=1S/C17H25FN2O/c1-12-9-17(15(13(2)21)10-16(12)18)20-8-4-7-19-6-3-5-14(19)11-20/h9-10,13-14,21H,3-8,11H2,1-2H3/t13-,14?/m0/s1. The summed E-state index contributed by atoms with van der Waals surface area (Å²) in [6.45, 7) is 7.86. The molecule has 4 heteroatoms. The Balaban J connectivity index is 1.93. The normalized spacial score (nSPS) is 24.8. The van der Waals surface area contributed by atoms with E-state index in [-0.39, 0.29) is 5.82 Å². The highest BCUT2D eigenvalue weighted by Gasteiger charge is 2.30. The van der Waals surface area contributed by atoms with E-state index in [0.717, 1.165) is 31.7 Å². The third kappa shape index (κ3) is 2.92. The van der Waals surface area contributed by atoms with Gasteiger partial charge in [0.1, 0.15) is 5.82 Å². The van der Waals surface area contributed by atoms with Gasteiger partial charge < -0.3 is 10.0 Å². The molecule has 1 unspecified atom stereocenters. The smallest absolute Gasteiger partial charge is 0.126 e. The summed E-state index contributed by atoms with van der Waals surface area (Å²) in [7, 11) is 0. The molecule has 21 heavy (non-hydrogen) atoms. The van der Waals surface area contributed by atoms with Gasteiger partial charge in [0, 0.05) is 36.9 Å². The Morgan fingerprint density at radius 1 is 1.24 bits per heavy atom. The van der Waals surface area contributed by atoms with Crippen LogP contribution in [0.3, 0.4) is 0 Å². The molecule has 3 rings (SSSR count). The van der Waals surface area contributed by atoms with Crippen LogP contribution in [0, 0.1) is 12.7 Å². The zero-order valence-corrected chi connectivity index (χ0v) is 13.0. The first-order valence-electron chi connectivity index (χ1n) is 8.03. The molecule has 0 amide bonds. The molecule has 2 aliphatic rings. The highest BCUT2D eigenvalue weighted by molar-refractivity contribution is 5.57. The monoisotopic (exact) mass is 292 g/mol. The summed E-state index contributed by atoms with van der Waals surface area (Å²) in [6.07, 6.45) is 3.02. The fraction of sp³-hybridized carbons (Fsp3) is 0.647. The highest BCUT2D eigenvalue weighted by atomic mass is 19.1. The lowest BCUT2D eigenvalue weighted by molar-refractivity contribution is 0.199. The van der Waals surface area contributed by atoms with E-state index in [2.05, 4.69) is 9.80 Å². The topological polar surface area (TPSA) is 26.7 Å². The largest absolute Gasteiger partial charge is 0.389 e. The van der Waals surface area contributed by atoms with Gasteiger partial charge in [-0.05, 0) is 57.4 Å². The van der Waals surface area contributed by atoms with Crippen LogP contribution in [0.4, 0.5) is 10.1 Å². The van der Waals surface area contributed by atoms with Gasteiger partial charge in [0.2, 0.25) is 0 Å². The predicted molar refractivity (Wildman–Crippen MR) is 83.2 cm³/mol. The van der Waals surface area contributed by atoms with Crippen molar-refractivity contribution >= 4 is 5.69 Å². The van der Waals surface area contributed by atoms with Crippen LogP contribution in [0.2, 0.25) is 0 Å². The van der Waals surface area contributed by atoms with E-state index in [1.807, 2.05) is 6.07 Å². The van der Waals surface area contributed by atoms with Crippen molar-refractivity contribution in [2.24, 2.45) is 0 Å². The molecule has 2 fully saturated rings. The van der Waals surface area contributed by atoms with E-state index in [0.29, 0.717) is 17.2 Å². The van der Waals surface area contributed by atoms with Gasteiger partial charge in [-0.15, -0.1) is 0 Å². The maximum atomic E-state index is 13.8. The van der Waals surface area contributed by atoms with Crippen molar-refractivity contribution < 1.29 is 9.50 Å². The number of nitrogens with zero attached hydrogens (tertiary/aromatic N) is 2. The molecule has 3 nitrogen and oxygen atoms in total. The van der Waals surface area contributed by atoms with Crippen molar-refractivity contribution in [3.8, 4) is 0 Å². The highest BCUT2D eigenvalue weighted by Crippen LogP contribution is 2.32. The lowest BCUT2D eigenvalue weighted by Gasteiger charge is -2.30. The molecule has 2 saturated heterocycles. The number of aliphatic hydroxyl groups excluding tert-OH is 1. The first kappa shape index (κ1) is 14.8. The number of aliphatic hydroxyl groups is 1. The minimum Gasteiger partial charge on any atom is -0.389 e. The number of rotatable bonds is 2. The lowest BCUT2D eigenvalue weighted by Crippen LogP contribution is -2.37. The van der Waals surface area contributed by atoms with Crippen LogP contribution in [-0.2, 0) is 0 Å². The van der Waals surface area contributed by atoms with E-state index in [9.17, 15) is 9.50 Å². The Labute approximate surface area is 126 Å². The van der Waals surface area contributed by atoms with Crippen LogP contribution in [0.25, 0.3) is 0 Å². The summed E-state index contributed by atoms with van der Waals surface area (Å²) < 4.78 is 13.8. The summed E-state index contributed by atoms with van der Waals surface area (Å²) in [5.74, 6) is -0.230. The van der Waals surface area contributed by atoms with Gasteiger partial charge in [-0.3, -0.25) is 4.90 Å². The average Bonchev–Trinajstić information content (AvgIpc) is 2.78. The average molecular weight is 292 g/mol. The molecular formula is C17H25FN2O. The van der Waals surface area contributed by atoms with E-state index in [4.69, 9.17) is 0 Å². The molecule has 1 aromatic rings. The SMILES string of the molecule is Cc1cc(N2CCCN3CCCC3C2)c([C@H](C)O)cc1F. The molecule has 0 saturated carbocycles. The Bertz CT molecular complexity index is 518. The van der Waals surface area contributed by atoms with Crippen LogP contribution in [-0.4, -0.2) is 42.2 Å². The fourth-order valence-corrected chi connectivity index (χ4v) is 3.72. The van der Waals surface area contributed by atoms with Crippen LogP contribution in [0.5, 0.6) is 0 Å². The molecule has 2 heterocycles. The predicted octanol–water partition coefficient (Wildman–Crippen LogP) is 2.86. The first-order chi connectivity index (χ1) is 10.1. The van der Waals surface area contributed by atoms with Crippen LogP contribution >= 0.6 is 0 Å². The summed E-state index contributed by atoms with van der Waals surface area (Å²) in [5, 5.41) is 10.0. The Morgan fingerprint density at radius 3 is 2.76 bits per heavy atom. The maximum absolute atomic E-state index is 13.8. The molecule has 0 radical (unpaired) electrons. The van der Waals surface area contributed by atoms with Gasteiger partial charge in [0.05, 0.1) is 6.10 Å². The van der Waals surface area contributed by atoms with Crippen molar-refractivity contribution in [2.45, 2.75) is 45.3 Å². The summed E-state index contributed by atoms with van der Waals surface area (Å²) in [6, 6.07) is 4.02. The number of halogens is 1. The number of benzene rings is 1. The van der Waals surface area contributed by atoms with Crippen molar-refractivity contribution in [3.05, 3.63) is 29.1 Å².